The third kappa shape index (κ3) is 5.45. The summed E-state index contributed by atoms with van der Waals surface area (Å²) in [5.41, 5.74) is -0.572. The highest BCUT2D eigenvalue weighted by Gasteiger charge is 2.41. The molecule has 0 amide bonds. The van der Waals surface area contributed by atoms with Crippen molar-refractivity contribution in [1.29, 1.82) is 0 Å². The Kier molecular flexibility index (Phi) is 7.59. The lowest BCUT2D eigenvalue weighted by Crippen LogP contribution is -2.25. The zero-order valence-corrected chi connectivity index (χ0v) is 19.3. The summed E-state index contributed by atoms with van der Waals surface area (Å²) in [6, 6.07) is 6.79. The second kappa shape index (κ2) is 10.1. The Labute approximate surface area is 194 Å². The van der Waals surface area contributed by atoms with Gasteiger partial charge in [0.25, 0.3) is 5.76 Å². The Morgan fingerprint density at radius 1 is 1.12 bits per heavy atom. The fourth-order valence-electron chi connectivity index (χ4n) is 3.64. The second-order valence-electron chi connectivity index (χ2n) is 7.82. The number of rotatable bonds is 8. The fourth-order valence-corrected chi connectivity index (χ4v) is 3.76. The van der Waals surface area contributed by atoms with Crippen molar-refractivity contribution in [3.05, 3.63) is 62.5 Å². The van der Waals surface area contributed by atoms with Gasteiger partial charge in [-0.3, -0.25) is 9.69 Å². The number of halogens is 4. The van der Waals surface area contributed by atoms with Crippen LogP contribution in [0.1, 0.15) is 43.6 Å². The van der Waals surface area contributed by atoms with E-state index < -0.39 is 23.1 Å². The Bertz CT molecular complexity index is 1200. The van der Waals surface area contributed by atoms with Crippen molar-refractivity contribution >= 4 is 22.6 Å². The quantitative estimate of drug-likeness (QED) is 0.378. The van der Waals surface area contributed by atoms with E-state index in [4.69, 9.17) is 20.8 Å². The third-order valence-corrected chi connectivity index (χ3v) is 5.59. The summed E-state index contributed by atoms with van der Waals surface area (Å²) in [6.07, 6.45) is -3.36. The lowest BCUT2D eigenvalue weighted by molar-refractivity contribution is -0.154. The molecule has 0 saturated heterocycles. The van der Waals surface area contributed by atoms with Crippen molar-refractivity contribution < 1.29 is 27.4 Å². The number of aromatic hydroxyl groups is 1. The Balaban J connectivity index is 2.21. The van der Waals surface area contributed by atoms with Crippen LogP contribution < -0.4 is 10.2 Å². The van der Waals surface area contributed by atoms with Gasteiger partial charge in [-0.1, -0.05) is 25.4 Å². The lowest BCUT2D eigenvalue weighted by atomic mass is 10.1. The Morgan fingerprint density at radius 2 is 1.79 bits per heavy atom. The molecule has 0 aliphatic carbocycles. The summed E-state index contributed by atoms with van der Waals surface area (Å²) in [6.45, 7) is 7.12. The molecule has 1 aromatic heterocycles. The van der Waals surface area contributed by atoms with E-state index >= 15 is 0 Å². The maximum atomic E-state index is 13.9. The van der Waals surface area contributed by atoms with Crippen LogP contribution in [0.15, 0.2) is 39.5 Å². The van der Waals surface area contributed by atoms with Crippen LogP contribution in [0.2, 0.25) is 5.02 Å². The number of nitrogens with zero attached hydrogens (tertiary/aromatic N) is 1. The largest absolute Gasteiger partial charge is 0.507 e. The van der Waals surface area contributed by atoms with Gasteiger partial charge in [-0.15, -0.1) is 0 Å². The fraction of sp³-hybridized carbons (Fsp3) is 0.375. The standard InChI is InChI=1S/C24H25ClF3NO4/c1-4-10-29(11-5-2)13-17-19(30)9-7-16-20(31)22(23(24(26,27)28)33-21(16)17)32-15-6-8-18(25)14(3)12-15/h6-9,12,30H,4-5,10-11,13H2,1-3H3. The van der Waals surface area contributed by atoms with Crippen LogP contribution in [0.25, 0.3) is 11.0 Å². The van der Waals surface area contributed by atoms with Gasteiger partial charge in [-0.25, -0.2) is 0 Å². The molecule has 0 aliphatic heterocycles. The number of benzene rings is 2. The SMILES string of the molecule is CCCN(CCC)Cc1c(O)ccc2c(=O)c(Oc3ccc(Cl)c(C)c3)c(C(F)(F)F)oc12. The normalized spacial score (nSPS) is 12.0. The monoisotopic (exact) mass is 483 g/mol. The van der Waals surface area contributed by atoms with E-state index in [-0.39, 0.29) is 34.6 Å². The van der Waals surface area contributed by atoms with E-state index in [1.807, 2.05) is 18.7 Å². The van der Waals surface area contributed by atoms with Gasteiger partial charge in [-0.05, 0) is 68.8 Å². The van der Waals surface area contributed by atoms with Gasteiger partial charge in [0.1, 0.15) is 17.1 Å². The molecule has 0 radical (unpaired) electrons. The lowest BCUT2D eigenvalue weighted by Gasteiger charge is -2.22. The van der Waals surface area contributed by atoms with Gasteiger partial charge in [-0.2, -0.15) is 13.2 Å². The molecule has 5 nitrogen and oxygen atoms in total. The van der Waals surface area contributed by atoms with Crippen LogP contribution >= 0.6 is 11.6 Å². The number of hydrogen-bond acceptors (Lipinski definition) is 5. The van der Waals surface area contributed by atoms with Crippen LogP contribution in [0.3, 0.4) is 0 Å². The molecule has 3 rings (SSSR count). The van der Waals surface area contributed by atoms with E-state index in [0.29, 0.717) is 23.7 Å². The van der Waals surface area contributed by atoms with Crippen LogP contribution in [-0.4, -0.2) is 23.1 Å². The molecule has 0 saturated carbocycles. The smallest absolute Gasteiger partial charge is 0.453 e. The molecule has 0 aliphatic rings. The summed E-state index contributed by atoms with van der Waals surface area (Å²) < 4.78 is 52.4. The van der Waals surface area contributed by atoms with E-state index in [1.54, 1.807) is 6.92 Å². The molecule has 0 fully saturated rings. The topological polar surface area (TPSA) is 62.9 Å². The Morgan fingerprint density at radius 3 is 2.36 bits per heavy atom. The van der Waals surface area contributed by atoms with Gasteiger partial charge >= 0.3 is 6.18 Å². The van der Waals surface area contributed by atoms with Gasteiger partial charge in [0.15, 0.2) is 0 Å². The molecule has 1 N–H and O–H groups in total. The first kappa shape index (κ1) is 24.9. The molecule has 2 aromatic carbocycles. The minimum absolute atomic E-state index is 0.0186. The third-order valence-electron chi connectivity index (χ3n) is 5.17. The summed E-state index contributed by atoms with van der Waals surface area (Å²) in [4.78, 5) is 15.1. The molecule has 3 aromatic rings. The minimum Gasteiger partial charge on any atom is -0.507 e. The number of aryl methyl sites for hydroxylation is 1. The summed E-state index contributed by atoms with van der Waals surface area (Å²) >= 11 is 5.97. The molecule has 9 heteroatoms. The van der Waals surface area contributed by atoms with Gasteiger partial charge < -0.3 is 14.3 Å². The summed E-state index contributed by atoms with van der Waals surface area (Å²) in [7, 11) is 0. The maximum absolute atomic E-state index is 13.9. The molecule has 1 heterocycles. The average Bonchev–Trinajstić information content (AvgIpc) is 2.74. The van der Waals surface area contributed by atoms with Crippen molar-refractivity contribution in [1.82, 2.24) is 4.90 Å². The molecule has 178 valence electrons. The van der Waals surface area contributed by atoms with E-state index in [2.05, 4.69) is 0 Å². The van der Waals surface area contributed by atoms with Crippen LogP contribution in [0.4, 0.5) is 13.2 Å². The van der Waals surface area contributed by atoms with E-state index in [1.165, 1.54) is 30.3 Å². The molecular formula is C24H25ClF3NO4. The highest BCUT2D eigenvalue weighted by Crippen LogP contribution is 2.40. The first-order valence-electron chi connectivity index (χ1n) is 10.6. The minimum atomic E-state index is -5.00. The first-order chi connectivity index (χ1) is 15.6. The van der Waals surface area contributed by atoms with Gasteiger partial charge in [0.2, 0.25) is 11.2 Å². The van der Waals surface area contributed by atoms with Crippen molar-refractivity contribution in [2.75, 3.05) is 13.1 Å². The average molecular weight is 484 g/mol. The zero-order chi connectivity index (χ0) is 24.3. The van der Waals surface area contributed by atoms with Crippen molar-refractivity contribution in [2.24, 2.45) is 0 Å². The Hall–Kier alpha value is -2.71. The maximum Gasteiger partial charge on any atom is 0.453 e. The predicted molar refractivity (Wildman–Crippen MR) is 121 cm³/mol. The number of phenolic OH excluding ortho intramolecular Hbond substituents is 1. The predicted octanol–water partition coefficient (Wildman–Crippen LogP) is 6.89. The number of hydrogen-bond donors (Lipinski definition) is 1. The zero-order valence-electron chi connectivity index (χ0n) is 18.6. The summed E-state index contributed by atoms with van der Waals surface area (Å²) in [5, 5.41) is 10.7. The van der Waals surface area contributed by atoms with Crippen LogP contribution in [-0.2, 0) is 12.7 Å². The number of phenols is 1. The first-order valence-corrected chi connectivity index (χ1v) is 11.0. The van der Waals surface area contributed by atoms with Gasteiger partial charge in [0.05, 0.1) is 10.9 Å². The van der Waals surface area contributed by atoms with Crippen molar-refractivity contribution in [2.45, 2.75) is 46.3 Å². The molecule has 0 atom stereocenters. The second-order valence-corrected chi connectivity index (χ2v) is 8.22. The van der Waals surface area contributed by atoms with Crippen LogP contribution in [0.5, 0.6) is 17.2 Å². The van der Waals surface area contributed by atoms with Crippen molar-refractivity contribution in [3.8, 4) is 17.2 Å². The molecular weight excluding hydrogens is 459 g/mol. The van der Waals surface area contributed by atoms with Gasteiger partial charge in [0, 0.05) is 11.6 Å². The number of alkyl halides is 3. The number of ether oxygens (including phenoxy) is 1. The van der Waals surface area contributed by atoms with E-state index in [0.717, 1.165) is 12.8 Å². The molecule has 0 bridgehead atoms. The highest BCUT2D eigenvalue weighted by molar-refractivity contribution is 6.31. The number of fused-ring (bicyclic) bond motifs is 1. The van der Waals surface area contributed by atoms with Crippen molar-refractivity contribution in [3.63, 3.8) is 0 Å². The molecule has 0 unspecified atom stereocenters. The molecule has 33 heavy (non-hydrogen) atoms. The van der Waals surface area contributed by atoms with E-state index in [9.17, 15) is 23.1 Å². The molecule has 0 spiro atoms. The summed E-state index contributed by atoms with van der Waals surface area (Å²) in [5.74, 6) is -2.74. The highest BCUT2D eigenvalue weighted by atomic mass is 35.5. The van der Waals surface area contributed by atoms with Crippen LogP contribution in [0, 0.1) is 6.92 Å².